The maximum absolute atomic E-state index is 12.0. The van der Waals surface area contributed by atoms with Crippen LogP contribution in [0.25, 0.3) is 0 Å². The summed E-state index contributed by atoms with van der Waals surface area (Å²) >= 11 is 0. The maximum Gasteiger partial charge on any atom is 0.418 e. The quantitative estimate of drug-likeness (QED) is 0.697. The number of aliphatic hydroxyl groups is 1. The predicted octanol–water partition coefficient (Wildman–Crippen LogP) is 0.988. The summed E-state index contributed by atoms with van der Waals surface area (Å²) in [7, 11) is 0. The van der Waals surface area contributed by atoms with Crippen molar-refractivity contribution in [3.05, 3.63) is 23.5 Å². The van der Waals surface area contributed by atoms with Gasteiger partial charge in [0.15, 0.2) is 0 Å². The number of hydrogen-bond donors (Lipinski definition) is 1. The molecule has 12 heavy (non-hydrogen) atoms. The summed E-state index contributed by atoms with van der Waals surface area (Å²) in [5, 5.41) is 14.8. The smallest absolute Gasteiger partial charge is 0.390 e. The Morgan fingerprint density at radius 1 is 1.42 bits per heavy atom. The number of alkyl halides is 3. The van der Waals surface area contributed by atoms with E-state index in [0.29, 0.717) is 6.20 Å². The van der Waals surface area contributed by atoms with E-state index in [1.54, 1.807) is 0 Å². The highest BCUT2D eigenvalue weighted by Crippen LogP contribution is 2.28. The van der Waals surface area contributed by atoms with Gasteiger partial charge >= 0.3 is 6.18 Å². The van der Waals surface area contributed by atoms with Crippen LogP contribution in [-0.4, -0.2) is 15.3 Å². The molecule has 0 bridgehead atoms. The Balaban J connectivity index is 3.02. The molecule has 0 aromatic carbocycles. The van der Waals surface area contributed by atoms with Crippen LogP contribution in [0.5, 0.6) is 0 Å². The van der Waals surface area contributed by atoms with Gasteiger partial charge in [-0.3, -0.25) is 0 Å². The van der Waals surface area contributed by atoms with Gasteiger partial charge in [0.2, 0.25) is 0 Å². The molecule has 3 nitrogen and oxygen atoms in total. The first-order chi connectivity index (χ1) is 5.54. The topological polar surface area (TPSA) is 46.0 Å². The fourth-order valence-electron chi connectivity index (χ4n) is 0.643. The third kappa shape index (κ3) is 1.91. The van der Waals surface area contributed by atoms with Crippen molar-refractivity contribution in [3.8, 4) is 0 Å². The van der Waals surface area contributed by atoms with Gasteiger partial charge in [-0.2, -0.15) is 23.4 Å². The maximum atomic E-state index is 12.0. The van der Waals surface area contributed by atoms with Crippen molar-refractivity contribution >= 4 is 0 Å². The average molecular weight is 178 g/mol. The molecule has 0 spiro atoms. The van der Waals surface area contributed by atoms with Gasteiger partial charge in [0.25, 0.3) is 0 Å². The van der Waals surface area contributed by atoms with Crippen LogP contribution in [0, 0.1) is 0 Å². The zero-order chi connectivity index (χ0) is 9.19. The lowest BCUT2D eigenvalue weighted by molar-refractivity contribution is -0.138. The molecule has 1 heterocycles. The Bertz CT molecular complexity index is 274. The van der Waals surface area contributed by atoms with E-state index < -0.39 is 18.3 Å². The third-order valence-corrected chi connectivity index (χ3v) is 1.19. The van der Waals surface area contributed by atoms with E-state index in [-0.39, 0.29) is 5.69 Å². The van der Waals surface area contributed by atoms with Gasteiger partial charge in [-0.1, -0.05) is 0 Å². The first kappa shape index (κ1) is 8.92. The second kappa shape index (κ2) is 3.06. The molecule has 0 saturated heterocycles. The zero-order valence-electron chi connectivity index (χ0n) is 5.84. The fraction of sp³-hybridized carbons (Fsp3) is 0.333. The van der Waals surface area contributed by atoms with E-state index in [9.17, 15) is 13.2 Å². The summed E-state index contributed by atoms with van der Waals surface area (Å²) in [5.74, 6) is 0. The molecule has 1 N–H and O–H groups in total. The minimum absolute atomic E-state index is 0.0928. The van der Waals surface area contributed by atoms with E-state index in [2.05, 4.69) is 10.2 Å². The summed E-state index contributed by atoms with van der Waals surface area (Å²) in [5.41, 5.74) is -0.994. The standard InChI is InChI=1S/C6H5F3N2O/c7-6(8,9)4-1-5(3-12)11-10-2-4/h1-2,12H,3H2. The molecule has 0 saturated carbocycles. The number of aliphatic hydroxyl groups excluding tert-OH is 1. The molecule has 0 aliphatic carbocycles. The lowest BCUT2D eigenvalue weighted by Gasteiger charge is -2.05. The van der Waals surface area contributed by atoms with Crippen molar-refractivity contribution in [2.45, 2.75) is 12.8 Å². The average Bonchev–Trinajstić information content (AvgIpc) is 2.03. The zero-order valence-corrected chi connectivity index (χ0v) is 5.84. The number of hydrogen-bond acceptors (Lipinski definition) is 3. The van der Waals surface area contributed by atoms with Gasteiger partial charge in [-0.15, -0.1) is 0 Å². The molecule has 0 atom stereocenters. The molecule has 66 valence electrons. The number of rotatable bonds is 1. The summed E-state index contributed by atoms with van der Waals surface area (Å²) in [4.78, 5) is 0. The van der Waals surface area contributed by atoms with Crippen molar-refractivity contribution in [2.24, 2.45) is 0 Å². The van der Waals surface area contributed by atoms with Crippen molar-refractivity contribution in [1.29, 1.82) is 0 Å². The first-order valence-electron chi connectivity index (χ1n) is 3.03. The monoisotopic (exact) mass is 178 g/mol. The molecule has 0 aliphatic heterocycles. The van der Waals surface area contributed by atoms with Crippen LogP contribution in [0.3, 0.4) is 0 Å². The summed E-state index contributed by atoms with van der Waals surface area (Å²) in [6.07, 6.45) is -3.82. The largest absolute Gasteiger partial charge is 0.418 e. The third-order valence-electron chi connectivity index (χ3n) is 1.19. The molecule has 1 aromatic rings. The van der Waals surface area contributed by atoms with Crippen LogP contribution >= 0.6 is 0 Å². The number of nitrogens with zero attached hydrogens (tertiary/aromatic N) is 2. The van der Waals surface area contributed by atoms with Crippen LogP contribution in [-0.2, 0) is 12.8 Å². The normalized spacial score (nSPS) is 11.7. The van der Waals surface area contributed by atoms with Crippen molar-refractivity contribution in [2.75, 3.05) is 0 Å². The van der Waals surface area contributed by atoms with Gasteiger partial charge < -0.3 is 5.11 Å². The first-order valence-corrected chi connectivity index (χ1v) is 3.03. The Morgan fingerprint density at radius 2 is 2.08 bits per heavy atom. The van der Waals surface area contributed by atoms with Crippen LogP contribution in [0.2, 0.25) is 0 Å². The summed E-state index contributed by atoms with van der Waals surface area (Å²) < 4.78 is 35.9. The van der Waals surface area contributed by atoms with E-state index >= 15 is 0 Å². The lowest BCUT2D eigenvalue weighted by Crippen LogP contribution is -2.07. The van der Waals surface area contributed by atoms with Gasteiger partial charge in [-0.05, 0) is 6.07 Å². The van der Waals surface area contributed by atoms with Gasteiger partial charge in [0, 0.05) is 0 Å². The molecule has 0 fully saturated rings. The second-order valence-electron chi connectivity index (χ2n) is 2.09. The van der Waals surface area contributed by atoms with Gasteiger partial charge in [0.05, 0.1) is 24.1 Å². The van der Waals surface area contributed by atoms with E-state index in [4.69, 9.17) is 5.11 Å². The van der Waals surface area contributed by atoms with E-state index in [1.165, 1.54) is 0 Å². The van der Waals surface area contributed by atoms with Crippen molar-refractivity contribution < 1.29 is 18.3 Å². The molecule has 0 aliphatic rings. The molecule has 0 unspecified atom stereocenters. The molecule has 0 radical (unpaired) electrons. The molecule has 1 aromatic heterocycles. The Morgan fingerprint density at radius 3 is 2.58 bits per heavy atom. The minimum atomic E-state index is -4.43. The van der Waals surface area contributed by atoms with Crippen molar-refractivity contribution in [3.63, 3.8) is 0 Å². The van der Waals surface area contributed by atoms with E-state index in [0.717, 1.165) is 6.07 Å². The SMILES string of the molecule is OCc1cc(C(F)(F)F)cnn1. The van der Waals surface area contributed by atoms with Crippen LogP contribution in [0.4, 0.5) is 13.2 Å². The summed E-state index contributed by atoms with van der Waals surface area (Å²) in [6.45, 7) is -0.545. The van der Waals surface area contributed by atoms with Gasteiger partial charge in [0.1, 0.15) is 0 Å². The number of halogens is 3. The Labute approximate surface area is 65.9 Å². The highest BCUT2D eigenvalue weighted by atomic mass is 19.4. The molecule has 0 amide bonds. The molecule has 1 rings (SSSR count). The highest BCUT2D eigenvalue weighted by Gasteiger charge is 2.31. The minimum Gasteiger partial charge on any atom is -0.390 e. The van der Waals surface area contributed by atoms with Gasteiger partial charge in [-0.25, -0.2) is 0 Å². The van der Waals surface area contributed by atoms with E-state index in [1.807, 2.05) is 0 Å². The fourth-order valence-corrected chi connectivity index (χ4v) is 0.643. The van der Waals surface area contributed by atoms with Crippen LogP contribution < -0.4 is 0 Å². The Hall–Kier alpha value is -1.17. The lowest BCUT2D eigenvalue weighted by atomic mass is 10.2. The number of aromatic nitrogens is 2. The van der Waals surface area contributed by atoms with Crippen LogP contribution in [0.1, 0.15) is 11.3 Å². The second-order valence-corrected chi connectivity index (χ2v) is 2.09. The molecular formula is C6H5F3N2O. The molecule has 6 heteroatoms. The predicted molar refractivity (Wildman–Crippen MR) is 33.0 cm³/mol. The van der Waals surface area contributed by atoms with Crippen molar-refractivity contribution in [1.82, 2.24) is 10.2 Å². The highest BCUT2D eigenvalue weighted by molar-refractivity contribution is 5.15. The summed E-state index contributed by atoms with van der Waals surface area (Å²) in [6, 6.07) is 0.757. The van der Waals surface area contributed by atoms with Crippen LogP contribution in [0.15, 0.2) is 12.3 Å². The molecular weight excluding hydrogens is 173 g/mol. The Kier molecular flexibility index (Phi) is 2.27.